The summed E-state index contributed by atoms with van der Waals surface area (Å²) in [6, 6.07) is 25.8. The lowest BCUT2D eigenvalue weighted by Crippen LogP contribution is -2.25. The maximum Gasteiger partial charge on any atom is 0.169 e. The zero-order valence-corrected chi connectivity index (χ0v) is 40.5. The fourth-order valence-electron chi connectivity index (χ4n) is 7.09. The van der Waals surface area contributed by atoms with Crippen LogP contribution in [0.15, 0.2) is 122 Å². The molecule has 9 heterocycles. The van der Waals surface area contributed by atoms with Crippen LogP contribution in [0, 0.1) is 0 Å². The molecular formula is C44H42I4N8+4. The first-order valence-corrected chi connectivity index (χ1v) is 17.4. The van der Waals surface area contributed by atoms with E-state index in [1.54, 1.807) is 0 Å². The molecule has 0 radical (unpaired) electrons. The molecule has 7 aromatic rings. The van der Waals surface area contributed by atoms with E-state index >= 15 is 0 Å². The third kappa shape index (κ3) is 8.38. The van der Waals surface area contributed by atoms with Crippen LogP contribution in [0.5, 0.6) is 0 Å². The summed E-state index contributed by atoms with van der Waals surface area (Å²) in [5, 5.41) is 0. The van der Waals surface area contributed by atoms with Crippen molar-refractivity contribution in [2.45, 2.75) is 0 Å². The first-order chi connectivity index (χ1) is 25.4. The Morgan fingerprint density at radius 2 is 0.518 bits per heavy atom. The van der Waals surface area contributed by atoms with Gasteiger partial charge in [0, 0.05) is 92.9 Å². The van der Waals surface area contributed by atoms with Gasteiger partial charge in [-0.2, -0.15) is 0 Å². The van der Waals surface area contributed by atoms with Gasteiger partial charge in [0.1, 0.15) is 28.2 Å². The van der Waals surface area contributed by atoms with E-state index in [2.05, 4.69) is 157 Å². The van der Waals surface area contributed by atoms with Gasteiger partial charge in [-0.25, -0.2) is 28.2 Å². The van der Waals surface area contributed by atoms with Crippen molar-refractivity contribution >= 4 is 142 Å². The standard InChI is InChI=1S/C44H37N8.4HI/c1-49-21-13-29(14-22-49)41-33-5-7-35(45-33)42(30-15-23-50(2)24-16-30)37-9-11-39(47-37)44(32-19-27-52(4)28-20-32)40-12-10-38(48-40)43(36-8-6-34(41)46-36)31-17-25-51(3)26-18-31;;;;/h5-28H,1-4H3,(H,45,46,47,48);4*1H/q+3;;;;/p+1. The third-order valence-electron chi connectivity index (χ3n) is 9.82. The average molecular weight is 1190 g/mol. The summed E-state index contributed by atoms with van der Waals surface area (Å²) < 4.78 is 8.20. The van der Waals surface area contributed by atoms with Crippen molar-refractivity contribution in [2.24, 2.45) is 28.2 Å². The number of pyridine rings is 4. The lowest BCUT2D eigenvalue weighted by molar-refractivity contribution is -0.671. The van der Waals surface area contributed by atoms with Gasteiger partial charge in [0.25, 0.3) is 0 Å². The SMILES string of the molecule is C[n+]1ccc(-c2c3nc(c(-c4cc[n+](C)cc4)c4ccc([nH]4)c(-c4cc[n+](C)cc4)c4nc(c(-c5cc[n+](C)cc5)c5ccc2[nH]5)C=C4)C=C3)cc1.I.I.I.I. The van der Waals surface area contributed by atoms with Crippen LogP contribution in [0.2, 0.25) is 0 Å². The van der Waals surface area contributed by atoms with Crippen molar-refractivity contribution < 1.29 is 18.3 Å². The number of aryl methyl sites for hydroxylation is 4. The maximum atomic E-state index is 5.39. The topological polar surface area (TPSA) is 72.9 Å². The predicted octanol–water partition coefficient (Wildman–Crippen LogP) is 9.09. The van der Waals surface area contributed by atoms with Crippen molar-refractivity contribution in [1.29, 1.82) is 0 Å². The first kappa shape index (κ1) is 43.2. The number of nitrogens with one attached hydrogen (secondary N) is 2. The van der Waals surface area contributed by atoms with E-state index in [9.17, 15) is 0 Å². The minimum atomic E-state index is 0. The minimum absolute atomic E-state index is 0. The molecule has 0 amide bonds. The molecular weight excluding hydrogens is 1150 g/mol. The number of hydrogen-bond donors (Lipinski definition) is 2. The molecule has 2 N–H and O–H groups in total. The number of aromatic amines is 2. The molecule has 0 aliphatic carbocycles. The quantitative estimate of drug-likeness (QED) is 0.137. The minimum Gasteiger partial charge on any atom is -0.354 e. The van der Waals surface area contributed by atoms with Gasteiger partial charge in [-0.05, 0) is 70.8 Å². The van der Waals surface area contributed by atoms with Crippen LogP contribution < -0.4 is 18.3 Å². The third-order valence-corrected chi connectivity index (χ3v) is 9.82. The number of aromatic nitrogens is 8. The molecule has 0 spiro atoms. The second-order valence-electron chi connectivity index (χ2n) is 13.5. The summed E-state index contributed by atoms with van der Waals surface area (Å²) in [6.45, 7) is 0. The first-order valence-electron chi connectivity index (χ1n) is 17.4. The molecule has 0 saturated carbocycles. The number of rotatable bonds is 4. The van der Waals surface area contributed by atoms with E-state index in [0.717, 1.165) is 89.4 Å². The second kappa shape index (κ2) is 18.1. The Balaban J connectivity index is 0.00000150. The monoisotopic (exact) mass is 1190 g/mol. The fraction of sp³-hybridized carbons (Fsp3) is 0.0909. The zero-order valence-electron chi connectivity index (χ0n) is 31.2. The second-order valence-corrected chi connectivity index (χ2v) is 13.5. The Hall–Kier alpha value is -3.88. The van der Waals surface area contributed by atoms with E-state index in [-0.39, 0.29) is 95.9 Å². The van der Waals surface area contributed by atoms with Gasteiger partial charge in [0.05, 0.1) is 22.8 Å². The molecule has 12 heteroatoms. The lowest BCUT2D eigenvalue weighted by Gasteiger charge is -2.06. The van der Waals surface area contributed by atoms with Gasteiger partial charge in [-0.3, -0.25) is 0 Å². The molecule has 2 aliphatic rings. The Morgan fingerprint density at radius 1 is 0.321 bits per heavy atom. The maximum absolute atomic E-state index is 5.39. The Labute approximate surface area is 394 Å². The molecule has 7 aromatic heterocycles. The Bertz CT molecular complexity index is 2380. The molecule has 0 atom stereocenters. The van der Waals surface area contributed by atoms with Gasteiger partial charge in [-0.1, -0.05) is 0 Å². The fourth-order valence-corrected chi connectivity index (χ4v) is 7.09. The molecule has 0 unspecified atom stereocenters. The molecule has 9 rings (SSSR count). The van der Waals surface area contributed by atoms with Gasteiger partial charge in [-0.15, -0.1) is 95.9 Å². The van der Waals surface area contributed by atoms with Gasteiger partial charge < -0.3 is 9.97 Å². The average Bonchev–Trinajstić information content (AvgIpc) is 3.99. The zero-order chi connectivity index (χ0) is 35.3. The molecule has 2 aliphatic heterocycles. The Kier molecular flexibility index (Phi) is 14.0. The summed E-state index contributed by atoms with van der Waals surface area (Å²) in [6.07, 6.45) is 25.2. The van der Waals surface area contributed by atoms with Crippen LogP contribution in [0.4, 0.5) is 0 Å². The van der Waals surface area contributed by atoms with Crippen molar-refractivity contribution in [3.63, 3.8) is 0 Å². The van der Waals surface area contributed by atoms with Crippen molar-refractivity contribution in [3.05, 3.63) is 145 Å². The summed E-state index contributed by atoms with van der Waals surface area (Å²) in [4.78, 5) is 18.4. The lowest BCUT2D eigenvalue weighted by atomic mass is 10.0. The smallest absolute Gasteiger partial charge is 0.169 e. The van der Waals surface area contributed by atoms with Crippen molar-refractivity contribution in [3.8, 4) is 44.5 Å². The Morgan fingerprint density at radius 3 is 0.714 bits per heavy atom. The summed E-state index contributed by atoms with van der Waals surface area (Å²) >= 11 is 0. The summed E-state index contributed by atoms with van der Waals surface area (Å²) in [5.41, 5.74) is 15.9. The molecule has 56 heavy (non-hydrogen) atoms. The highest BCUT2D eigenvalue weighted by Crippen LogP contribution is 2.37. The normalized spacial score (nSPS) is 11.2. The van der Waals surface area contributed by atoms with Crippen LogP contribution in [-0.4, -0.2) is 19.9 Å². The highest BCUT2D eigenvalue weighted by molar-refractivity contribution is 14.0. The molecule has 0 saturated heterocycles. The largest absolute Gasteiger partial charge is 0.354 e. The van der Waals surface area contributed by atoms with Gasteiger partial charge in [0.2, 0.25) is 0 Å². The molecule has 0 fully saturated rings. The highest BCUT2D eigenvalue weighted by atomic mass is 127. The number of nitrogens with zero attached hydrogens (tertiary/aromatic N) is 6. The van der Waals surface area contributed by atoms with E-state index in [0.29, 0.717) is 0 Å². The molecule has 282 valence electrons. The van der Waals surface area contributed by atoms with Crippen LogP contribution in [0.3, 0.4) is 0 Å². The predicted molar refractivity (Wildman–Crippen MR) is 267 cm³/mol. The molecule has 0 aromatic carbocycles. The number of H-pyrrole nitrogens is 2. The van der Waals surface area contributed by atoms with Crippen LogP contribution in [0.1, 0.15) is 22.8 Å². The number of halogens is 4. The summed E-state index contributed by atoms with van der Waals surface area (Å²) in [7, 11) is 8.14. The van der Waals surface area contributed by atoms with Crippen molar-refractivity contribution in [2.75, 3.05) is 0 Å². The molecule has 8 bridgehead atoms. The van der Waals surface area contributed by atoms with Gasteiger partial charge in [0.15, 0.2) is 49.6 Å². The summed E-state index contributed by atoms with van der Waals surface area (Å²) in [5.74, 6) is 0. The molecule has 8 nitrogen and oxygen atoms in total. The van der Waals surface area contributed by atoms with E-state index in [4.69, 9.17) is 9.97 Å². The van der Waals surface area contributed by atoms with Crippen LogP contribution in [0.25, 0.3) is 90.9 Å². The number of hydrogen-bond acceptors (Lipinski definition) is 2. The van der Waals surface area contributed by atoms with Crippen LogP contribution in [-0.2, 0) is 28.2 Å². The van der Waals surface area contributed by atoms with E-state index < -0.39 is 0 Å². The van der Waals surface area contributed by atoms with E-state index in [1.165, 1.54) is 0 Å². The van der Waals surface area contributed by atoms with Gasteiger partial charge >= 0.3 is 0 Å². The highest BCUT2D eigenvalue weighted by Gasteiger charge is 2.20. The van der Waals surface area contributed by atoms with E-state index in [1.807, 2.05) is 46.5 Å². The number of fused-ring (bicyclic) bond motifs is 8. The van der Waals surface area contributed by atoms with Crippen LogP contribution >= 0.6 is 95.9 Å². The van der Waals surface area contributed by atoms with Crippen molar-refractivity contribution in [1.82, 2.24) is 19.9 Å².